The second-order valence-corrected chi connectivity index (χ2v) is 6.66. The summed E-state index contributed by atoms with van der Waals surface area (Å²) in [4.78, 5) is 2.87. The van der Waals surface area contributed by atoms with E-state index in [-0.39, 0.29) is 0 Å². The minimum Gasteiger partial charge on any atom is -0.310 e. The number of hydrogen-bond donors (Lipinski definition) is 1. The summed E-state index contributed by atoms with van der Waals surface area (Å²) >= 11 is 0. The topological polar surface area (TPSA) is 15.3 Å². The van der Waals surface area contributed by atoms with Gasteiger partial charge in [0.25, 0.3) is 0 Å². The van der Waals surface area contributed by atoms with Gasteiger partial charge >= 0.3 is 0 Å². The van der Waals surface area contributed by atoms with E-state index in [2.05, 4.69) is 17.1 Å². The molecular weight excluding hydrogens is 208 g/mol. The molecule has 2 heteroatoms. The maximum absolute atomic E-state index is 3.90. The average Bonchev–Trinajstić information content (AvgIpc) is 2.94. The van der Waals surface area contributed by atoms with Crippen LogP contribution >= 0.6 is 0 Å². The minimum absolute atomic E-state index is 0.493. The van der Waals surface area contributed by atoms with Gasteiger partial charge in [-0.15, -0.1) is 0 Å². The molecule has 0 bridgehead atoms. The van der Waals surface area contributed by atoms with Crippen molar-refractivity contribution in [3.05, 3.63) is 0 Å². The molecule has 0 aromatic rings. The van der Waals surface area contributed by atoms with Crippen molar-refractivity contribution in [3.8, 4) is 0 Å². The van der Waals surface area contributed by atoms with Gasteiger partial charge in [0.05, 0.1) is 0 Å². The van der Waals surface area contributed by atoms with Crippen LogP contribution in [0.5, 0.6) is 0 Å². The molecule has 2 nitrogen and oxygen atoms in total. The third-order valence-corrected chi connectivity index (χ3v) is 5.47. The Morgan fingerprint density at radius 2 is 1.71 bits per heavy atom. The Hall–Kier alpha value is -0.0800. The fraction of sp³-hybridized carbons (Fsp3) is 1.00. The SMILES string of the molecule is CC1CCNC2(CCCC2)CN1C1CCCC1. The smallest absolute Gasteiger partial charge is 0.0309 e. The van der Waals surface area contributed by atoms with Gasteiger partial charge in [-0.2, -0.15) is 0 Å². The highest BCUT2D eigenvalue weighted by atomic mass is 15.2. The van der Waals surface area contributed by atoms with Crippen LogP contribution in [-0.2, 0) is 0 Å². The minimum atomic E-state index is 0.493. The van der Waals surface area contributed by atoms with E-state index >= 15 is 0 Å². The van der Waals surface area contributed by atoms with E-state index in [1.165, 1.54) is 70.9 Å². The van der Waals surface area contributed by atoms with Gasteiger partial charge in [0, 0.05) is 24.2 Å². The number of nitrogens with zero attached hydrogens (tertiary/aromatic N) is 1. The van der Waals surface area contributed by atoms with Crippen molar-refractivity contribution in [1.29, 1.82) is 0 Å². The summed E-state index contributed by atoms with van der Waals surface area (Å²) in [5, 5.41) is 3.90. The molecule has 0 aromatic heterocycles. The van der Waals surface area contributed by atoms with E-state index in [9.17, 15) is 0 Å². The highest BCUT2D eigenvalue weighted by molar-refractivity contribution is 5.00. The van der Waals surface area contributed by atoms with Crippen molar-refractivity contribution in [2.45, 2.75) is 82.3 Å². The lowest BCUT2D eigenvalue weighted by Crippen LogP contribution is -2.52. The van der Waals surface area contributed by atoms with Crippen molar-refractivity contribution in [2.24, 2.45) is 0 Å². The molecule has 1 saturated heterocycles. The Morgan fingerprint density at radius 1 is 1.00 bits per heavy atom. The number of hydrogen-bond acceptors (Lipinski definition) is 2. The molecule has 3 fully saturated rings. The Labute approximate surface area is 106 Å². The second-order valence-electron chi connectivity index (χ2n) is 6.66. The first-order valence-corrected chi connectivity index (χ1v) is 7.80. The number of nitrogens with one attached hydrogen (secondary N) is 1. The van der Waals surface area contributed by atoms with Crippen LogP contribution in [0.2, 0.25) is 0 Å². The molecule has 0 amide bonds. The van der Waals surface area contributed by atoms with Crippen LogP contribution in [0.25, 0.3) is 0 Å². The molecule has 3 rings (SSSR count). The molecule has 3 aliphatic rings. The zero-order valence-electron chi connectivity index (χ0n) is 11.4. The zero-order valence-corrected chi connectivity index (χ0v) is 11.4. The standard InChI is InChI=1S/C15H28N2/c1-13-8-11-16-15(9-4-5-10-15)12-17(13)14-6-2-3-7-14/h13-14,16H,2-12H2,1H3. The van der Waals surface area contributed by atoms with Crippen molar-refractivity contribution >= 4 is 0 Å². The Bertz CT molecular complexity index is 252. The first-order valence-electron chi connectivity index (χ1n) is 7.80. The van der Waals surface area contributed by atoms with E-state index < -0.39 is 0 Å². The monoisotopic (exact) mass is 236 g/mol. The van der Waals surface area contributed by atoms with Gasteiger partial charge in [0.1, 0.15) is 0 Å². The molecule has 0 aromatic carbocycles. The molecule has 2 aliphatic carbocycles. The zero-order chi connectivity index (χ0) is 11.7. The van der Waals surface area contributed by atoms with Crippen LogP contribution < -0.4 is 5.32 Å². The predicted molar refractivity (Wildman–Crippen MR) is 72.2 cm³/mol. The molecule has 1 N–H and O–H groups in total. The molecule has 17 heavy (non-hydrogen) atoms. The quantitative estimate of drug-likeness (QED) is 0.753. The largest absolute Gasteiger partial charge is 0.310 e. The third-order valence-electron chi connectivity index (χ3n) is 5.47. The number of rotatable bonds is 1. The van der Waals surface area contributed by atoms with Gasteiger partial charge in [0.2, 0.25) is 0 Å². The van der Waals surface area contributed by atoms with E-state index in [0.29, 0.717) is 5.54 Å². The summed E-state index contributed by atoms with van der Waals surface area (Å²) in [7, 11) is 0. The van der Waals surface area contributed by atoms with Gasteiger partial charge in [-0.05, 0) is 45.6 Å². The first kappa shape index (κ1) is 12.0. The molecule has 1 aliphatic heterocycles. The third kappa shape index (κ3) is 2.39. The van der Waals surface area contributed by atoms with Crippen molar-refractivity contribution < 1.29 is 0 Å². The molecule has 1 heterocycles. The first-order chi connectivity index (χ1) is 8.29. The van der Waals surface area contributed by atoms with Gasteiger partial charge < -0.3 is 5.32 Å². The maximum Gasteiger partial charge on any atom is 0.0309 e. The Morgan fingerprint density at radius 3 is 2.41 bits per heavy atom. The summed E-state index contributed by atoms with van der Waals surface area (Å²) < 4.78 is 0. The molecule has 1 unspecified atom stereocenters. The van der Waals surface area contributed by atoms with Crippen molar-refractivity contribution in [3.63, 3.8) is 0 Å². The average molecular weight is 236 g/mol. The van der Waals surface area contributed by atoms with Crippen LogP contribution in [-0.4, -0.2) is 35.6 Å². The van der Waals surface area contributed by atoms with E-state index in [0.717, 1.165) is 12.1 Å². The van der Waals surface area contributed by atoms with Gasteiger partial charge in [0.15, 0.2) is 0 Å². The molecule has 2 saturated carbocycles. The molecule has 98 valence electrons. The normalized spacial score (nSPS) is 35.5. The highest BCUT2D eigenvalue weighted by Gasteiger charge is 2.40. The second kappa shape index (κ2) is 4.89. The Balaban J connectivity index is 1.74. The lowest BCUT2D eigenvalue weighted by atomic mass is 9.96. The molecule has 1 atom stereocenters. The highest BCUT2D eigenvalue weighted by Crippen LogP contribution is 2.35. The van der Waals surface area contributed by atoms with Crippen LogP contribution in [0.4, 0.5) is 0 Å². The summed E-state index contributed by atoms with van der Waals surface area (Å²) in [6.45, 7) is 5.02. The van der Waals surface area contributed by atoms with Crippen molar-refractivity contribution in [1.82, 2.24) is 10.2 Å². The van der Waals surface area contributed by atoms with E-state index in [1.54, 1.807) is 0 Å². The van der Waals surface area contributed by atoms with Crippen molar-refractivity contribution in [2.75, 3.05) is 13.1 Å². The fourth-order valence-corrected chi connectivity index (χ4v) is 4.38. The molecule has 0 radical (unpaired) electrons. The lowest BCUT2D eigenvalue weighted by Gasteiger charge is -2.39. The summed E-state index contributed by atoms with van der Waals surface area (Å²) in [5.41, 5.74) is 0.493. The summed E-state index contributed by atoms with van der Waals surface area (Å²) in [6.07, 6.45) is 12.9. The summed E-state index contributed by atoms with van der Waals surface area (Å²) in [6, 6.07) is 1.70. The fourth-order valence-electron chi connectivity index (χ4n) is 4.38. The van der Waals surface area contributed by atoms with E-state index in [4.69, 9.17) is 0 Å². The van der Waals surface area contributed by atoms with Gasteiger partial charge in [-0.3, -0.25) is 4.90 Å². The maximum atomic E-state index is 3.90. The van der Waals surface area contributed by atoms with Gasteiger partial charge in [-0.25, -0.2) is 0 Å². The van der Waals surface area contributed by atoms with Gasteiger partial charge in [-0.1, -0.05) is 25.7 Å². The van der Waals surface area contributed by atoms with Crippen LogP contribution in [0.1, 0.15) is 64.7 Å². The summed E-state index contributed by atoms with van der Waals surface area (Å²) in [5.74, 6) is 0. The van der Waals surface area contributed by atoms with Crippen LogP contribution in [0.3, 0.4) is 0 Å². The molecular formula is C15H28N2. The predicted octanol–water partition coefficient (Wildman–Crippen LogP) is 2.93. The van der Waals surface area contributed by atoms with E-state index in [1.807, 2.05) is 0 Å². The molecule has 1 spiro atoms. The Kier molecular flexibility index (Phi) is 3.45. The van der Waals surface area contributed by atoms with Crippen LogP contribution in [0.15, 0.2) is 0 Å². The van der Waals surface area contributed by atoms with Crippen LogP contribution in [0, 0.1) is 0 Å². The lowest BCUT2D eigenvalue weighted by molar-refractivity contribution is 0.116.